The Bertz CT molecular complexity index is 1260. The number of anilines is 2. The number of aromatic nitrogens is 3. The SMILES string of the molecule is CC(=O)N[C@@H]1CCN(c2cc3c(N[C@H](C)c4cccc(C(F)(F)CO)c4F)nc(C)nc3cn2)C1. The lowest BCUT2D eigenvalue weighted by Gasteiger charge is -2.22. The van der Waals surface area contributed by atoms with Crippen LogP contribution in [0.3, 0.4) is 0 Å². The number of carbonyl (C=O) groups is 1. The van der Waals surface area contributed by atoms with Gasteiger partial charge >= 0.3 is 0 Å². The Labute approximate surface area is 200 Å². The van der Waals surface area contributed by atoms with Gasteiger partial charge in [-0.25, -0.2) is 19.3 Å². The number of aliphatic hydroxyl groups excluding tert-OH is 1. The fourth-order valence-electron chi connectivity index (χ4n) is 4.33. The number of pyridine rings is 1. The molecule has 8 nitrogen and oxygen atoms in total. The minimum absolute atomic E-state index is 0.0204. The van der Waals surface area contributed by atoms with Gasteiger partial charge < -0.3 is 20.6 Å². The van der Waals surface area contributed by atoms with Crippen molar-refractivity contribution in [1.82, 2.24) is 20.3 Å². The van der Waals surface area contributed by atoms with Crippen LogP contribution < -0.4 is 15.5 Å². The highest BCUT2D eigenvalue weighted by Crippen LogP contribution is 2.34. The van der Waals surface area contributed by atoms with Crippen LogP contribution in [0.5, 0.6) is 0 Å². The van der Waals surface area contributed by atoms with Gasteiger partial charge in [-0.05, 0) is 32.4 Å². The van der Waals surface area contributed by atoms with E-state index in [1.807, 2.05) is 11.0 Å². The van der Waals surface area contributed by atoms with Crippen LogP contribution in [0.15, 0.2) is 30.5 Å². The number of carbonyl (C=O) groups excluding carboxylic acids is 1. The molecule has 1 amide bonds. The van der Waals surface area contributed by atoms with E-state index in [1.165, 1.54) is 19.1 Å². The quantitative estimate of drug-likeness (QED) is 0.468. The van der Waals surface area contributed by atoms with Crippen LogP contribution in [0.1, 0.15) is 43.3 Å². The largest absolute Gasteiger partial charge is 0.390 e. The Kier molecular flexibility index (Phi) is 6.79. The summed E-state index contributed by atoms with van der Waals surface area (Å²) in [5.74, 6) is -3.28. The van der Waals surface area contributed by atoms with Crippen molar-refractivity contribution >= 4 is 28.4 Å². The summed E-state index contributed by atoms with van der Waals surface area (Å²) in [7, 11) is 0. The summed E-state index contributed by atoms with van der Waals surface area (Å²) in [5, 5.41) is 15.7. The van der Waals surface area contributed by atoms with E-state index in [2.05, 4.69) is 25.6 Å². The predicted molar refractivity (Wildman–Crippen MR) is 126 cm³/mol. The Hall–Kier alpha value is -3.47. The highest BCUT2D eigenvalue weighted by Gasteiger charge is 2.35. The maximum atomic E-state index is 15.0. The average Bonchev–Trinajstić information content (AvgIpc) is 3.26. The summed E-state index contributed by atoms with van der Waals surface area (Å²) >= 11 is 0. The predicted octanol–water partition coefficient (Wildman–Crippen LogP) is 3.44. The summed E-state index contributed by atoms with van der Waals surface area (Å²) in [6.07, 6.45) is 2.42. The van der Waals surface area contributed by atoms with Gasteiger partial charge in [0.15, 0.2) is 0 Å². The van der Waals surface area contributed by atoms with E-state index in [-0.39, 0.29) is 17.5 Å². The summed E-state index contributed by atoms with van der Waals surface area (Å²) in [6, 6.07) is 4.86. The minimum Gasteiger partial charge on any atom is -0.390 e. The molecule has 2 atom stereocenters. The van der Waals surface area contributed by atoms with E-state index < -0.39 is 30.0 Å². The summed E-state index contributed by atoms with van der Waals surface area (Å²) in [4.78, 5) is 26.8. The third kappa shape index (κ3) is 5.14. The standard InChI is InChI=1S/C24H27F3N6O2/c1-13(17-5-4-6-19(22(17)25)24(26,27)12-34)29-23-18-9-21(28-10-20(18)30-14(2)31-23)33-8-7-16(11-33)32-15(3)35/h4-6,9-10,13,16,34H,7-8,11-12H2,1-3H3,(H,32,35)(H,29,30,31)/t13-,16-/m1/s1. The first-order valence-corrected chi connectivity index (χ1v) is 11.3. The van der Waals surface area contributed by atoms with Gasteiger partial charge in [0.1, 0.15) is 29.9 Å². The van der Waals surface area contributed by atoms with Crippen molar-refractivity contribution in [2.45, 2.75) is 45.2 Å². The van der Waals surface area contributed by atoms with Crippen molar-refractivity contribution in [3.8, 4) is 0 Å². The van der Waals surface area contributed by atoms with Crippen molar-refractivity contribution < 1.29 is 23.1 Å². The molecule has 0 aliphatic carbocycles. The fraction of sp³-hybridized carbons (Fsp3) is 0.417. The number of amides is 1. The lowest BCUT2D eigenvalue weighted by atomic mass is 10.00. The van der Waals surface area contributed by atoms with Crippen LogP contribution in [0.2, 0.25) is 0 Å². The molecule has 3 aromatic rings. The van der Waals surface area contributed by atoms with Crippen molar-refractivity contribution in [2.24, 2.45) is 0 Å². The second kappa shape index (κ2) is 9.65. The number of fused-ring (bicyclic) bond motifs is 1. The van der Waals surface area contributed by atoms with Crippen molar-refractivity contribution in [3.63, 3.8) is 0 Å². The zero-order valence-corrected chi connectivity index (χ0v) is 19.6. The number of benzene rings is 1. The molecule has 3 N–H and O–H groups in total. The third-order valence-electron chi connectivity index (χ3n) is 6.04. The molecule has 0 bridgehead atoms. The lowest BCUT2D eigenvalue weighted by molar-refractivity contribution is -0.119. The number of aryl methyl sites for hydroxylation is 1. The number of hydrogen-bond acceptors (Lipinski definition) is 7. The molecule has 35 heavy (non-hydrogen) atoms. The molecule has 186 valence electrons. The first kappa shape index (κ1) is 24.6. The number of halogens is 3. The highest BCUT2D eigenvalue weighted by molar-refractivity contribution is 5.90. The van der Waals surface area contributed by atoms with Crippen LogP contribution in [-0.4, -0.2) is 51.7 Å². The summed E-state index contributed by atoms with van der Waals surface area (Å²) in [6.45, 7) is 4.68. The maximum Gasteiger partial charge on any atom is 0.298 e. The zero-order valence-electron chi connectivity index (χ0n) is 19.6. The van der Waals surface area contributed by atoms with Crippen LogP contribution in [0.4, 0.5) is 24.8 Å². The minimum atomic E-state index is -3.69. The Balaban J connectivity index is 1.65. The molecule has 0 radical (unpaired) electrons. The Morgan fingerprint density at radius 3 is 2.83 bits per heavy atom. The van der Waals surface area contributed by atoms with Crippen LogP contribution in [-0.2, 0) is 10.7 Å². The first-order valence-electron chi connectivity index (χ1n) is 11.3. The average molecular weight is 489 g/mol. The molecule has 2 aromatic heterocycles. The number of aliphatic hydroxyl groups is 1. The number of rotatable bonds is 7. The molecular formula is C24H27F3N6O2. The van der Waals surface area contributed by atoms with Gasteiger partial charge in [0.05, 0.1) is 23.3 Å². The van der Waals surface area contributed by atoms with E-state index in [9.17, 15) is 18.0 Å². The highest BCUT2D eigenvalue weighted by atomic mass is 19.3. The molecule has 3 heterocycles. The van der Waals surface area contributed by atoms with Crippen LogP contribution in [0.25, 0.3) is 10.9 Å². The molecule has 0 unspecified atom stereocenters. The van der Waals surface area contributed by atoms with Gasteiger partial charge in [-0.15, -0.1) is 0 Å². The molecular weight excluding hydrogens is 461 g/mol. The second-order valence-electron chi connectivity index (χ2n) is 8.75. The molecule has 1 aliphatic rings. The third-order valence-corrected chi connectivity index (χ3v) is 6.04. The smallest absolute Gasteiger partial charge is 0.298 e. The van der Waals surface area contributed by atoms with Crippen LogP contribution >= 0.6 is 0 Å². The summed E-state index contributed by atoms with van der Waals surface area (Å²) in [5.41, 5.74) is -0.259. The molecule has 0 saturated carbocycles. The fourth-order valence-corrected chi connectivity index (χ4v) is 4.33. The van der Waals surface area contributed by atoms with Gasteiger partial charge in [-0.3, -0.25) is 4.79 Å². The van der Waals surface area contributed by atoms with E-state index in [0.29, 0.717) is 41.5 Å². The second-order valence-corrected chi connectivity index (χ2v) is 8.75. The number of alkyl halides is 2. The van der Waals surface area contributed by atoms with Crippen LogP contribution in [0, 0.1) is 12.7 Å². The molecule has 4 rings (SSSR count). The molecule has 1 fully saturated rings. The van der Waals surface area contributed by atoms with E-state index in [0.717, 1.165) is 12.5 Å². The Morgan fingerprint density at radius 1 is 1.34 bits per heavy atom. The van der Waals surface area contributed by atoms with Gasteiger partial charge in [0.25, 0.3) is 5.92 Å². The molecule has 1 aliphatic heterocycles. The topological polar surface area (TPSA) is 103 Å². The zero-order chi connectivity index (χ0) is 25.3. The Morgan fingerprint density at radius 2 is 2.11 bits per heavy atom. The maximum absolute atomic E-state index is 15.0. The van der Waals surface area contributed by atoms with E-state index >= 15 is 0 Å². The summed E-state index contributed by atoms with van der Waals surface area (Å²) < 4.78 is 43.0. The molecule has 11 heteroatoms. The van der Waals surface area contributed by atoms with Gasteiger partial charge in [0, 0.05) is 37.0 Å². The number of nitrogens with zero attached hydrogens (tertiary/aromatic N) is 4. The normalized spacial score (nSPS) is 17.0. The van der Waals surface area contributed by atoms with Crippen molar-refractivity contribution in [3.05, 3.63) is 53.2 Å². The molecule has 0 spiro atoms. The van der Waals surface area contributed by atoms with E-state index in [4.69, 9.17) is 5.11 Å². The molecule has 1 saturated heterocycles. The van der Waals surface area contributed by atoms with Gasteiger partial charge in [0.2, 0.25) is 5.91 Å². The first-order chi connectivity index (χ1) is 16.6. The number of hydrogen-bond donors (Lipinski definition) is 3. The number of nitrogens with one attached hydrogen (secondary N) is 2. The van der Waals surface area contributed by atoms with Gasteiger partial charge in [-0.1, -0.05) is 12.1 Å². The monoisotopic (exact) mass is 488 g/mol. The van der Waals surface area contributed by atoms with E-state index in [1.54, 1.807) is 20.0 Å². The molecule has 1 aromatic carbocycles. The van der Waals surface area contributed by atoms with Crippen molar-refractivity contribution in [1.29, 1.82) is 0 Å². The van der Waals surface area contributed by atoms with Gasteiger partial charge in [-0.2, -0.15) is 8.78 Å². The van der Waals surface area contributed by atoms with Crippen molar-refractivity contribution in [2.75, 3.05) is 29.9 Å². The lowest BCUT2D eigenvalue weighted by Crippen LogP contribution is -2.35.